The van der Waals surface area contributed by atoms with Gasteiger partial charge in [0.1, 0.15) is 6.54 Å². The Labute approximate surface area is 107 Å². The van der Waals surface area contributed by atoms with Crippen LogP contribution in [-0.2, 0) is 11.3 Å². The smallest absolute Gasteiger partial charge is 0.269 e. The predicted octanol–water partition coefficient (Wildman–Crippen LogP) is 0.543. The first kappa shape index (κ1) is 14.2. The number of nitrogens with one attached hydrogen (secondary N) is 1. The molecule has 0 unspecified atom stereocenters. The van der Waals surface area contributed by atoms with Crippen LogP contribution in [0, 0.1) is 0 Å². The normalized spacial score (nSPS) is 10.2. The maximum Gasteiger partial charge on any atom is 0.269 e. The Bertz CT molecular complexity index is 452. The second kappa shape index (κ2) is 6.78. The minimum Gasteiger partial charge on any atom is -0.384 e. The lowest BCUT2D eigenvalue weighted by Gasteiger charge is -2.18. The molecule has 1 heterocycles. The highest BCUT2D eigenvalue weighted by Crippen LogP contribution is 1.99. The lowest BCUT2D eigenvalue weighted by atomic mass is 10.4. The summed E-state index contributed by atoms with van der Waals surface area (Å²) in [6.07, 6.45) is 1.56. The number of nitrogens with zero attached hydrogens (tertiary/aromatic N) is 3. The van der Waals surface area contributed by atoms with Crippen molar-refractivity contribution in [3.05, 3.63) is 22.6 Å². The van der Waals surface area contributed by atoms with E-state index in [1.807, 2.05) is 20.8 Å². The average molecular weight is 252 g/mol. The van der Waals surface area contributed by atoms with E-state index in [9.17, 15) is 9.59 Å². The molecule has 1 N–H and O–H groups in total. The Morgan fingerprint density at radius 1 is 1.39 bits per heavy atom. The molecule has 0 aliphatic carbocycles. The van der Waals surface area contributed by atoms with Crippen LogP contribution in [-0.4, -0.2) is 40.2 Å². The van der Waals surface area contributed by atoms with E-state index in [0.29, 0.717) is 18.8 Å². The fraction of sp³-hybridized carbons (Fsp3) is 0.583. The summed E-state index contributed by atoms with van der Waals surface area (Å²) < 4.78 is 1.18. The van der Waals surface area contributed by atoms with E-state index in [4.69, 9.17) is 0 Å². The van der Waals surface area contributed by atoms with Crippen LogP contribution in [0.4, 0.5) is 5.69 Å². The number of likely N-dealkylation sites (N-methyl/N-ethyl adjacent to an activating group) is 1. The molecular formula is C12H20N4O2. The number of aromatic nitrogens is 2. The zero-order valence-electron chi connectivity index (χ0n) is 11.1. The van der Waals surface area contributed by atoms with E-state index in [2.05, 4.69) is 10.4 Å². The molecule has 0 aliphatic rings. The Morgan fingerprint density at radius 2 is 2.06 bits per heavy atom. The topological polar surface area (TPSA) is 67.2 Å². The van der Waals surface area contributed by atoms with Gasteiger partial charge in [-0.3, -0.25) is 9.59 Å². The standard InChI is InChI=1S/C12H20N4O2/c1-4-13-10-7-11(17)16(14-8-10)9-12(18)15(5-2)6-3/h7-8,13H,4-6,9H2,1-3H3. The van der Waals surface area contributed by atoms with Crippen LogP contribution >= 0.6 is 0 Å². The summed E-state index contributed by atoms with van der Waals surface area (Å²) in [7, 11) is 0. The highest BCUT2D eigenvalue weighted by molar-refractivity contribution is 5.75. The van der Waals surface area contributed by atoms with Crippen molar-refractivity contribution in [3.8, 4) is 0 Å². The molecule has 0 bridgehead atoms. The molecule has 0 radical (unpaired) electrons. The molecule has 100 valence electrons. The third-order valence-electron chi connectivity index (χ3n) is 2.65. The van der Waals surface area contributed by atoms with E-state index in [-0.39, 0.29) is 18.0 Å². The van der Waals surface area contributed by atoms with Crippen molar-refractivity contribution in [2.75, 3.05) is 25.0 Å². The van der Waals surface area contributed by atoms with Gasteiger partial charge in [0.15, 0.2) is 0 Å². The third kappa shape index (κ3) is 3.58. The van der Waals surface area contributed by atoms with Gasteiger partial charge in [0.05, 0.1) is 11.9 Å². The van der Waals surface area contributed by atoms with Gasteiger partial charge in [-0.1, -0.05) is 0 Å². The quantitative estimate of drug-likeness (QED) is 0.802. The molecule has 6 heteroatoms. The van der Waals surface area contributed by atoms with Gasteiger partial charge in [-0.2, -0.15) is 5.10 Å². The Hall–Kier alpha value is -1.85. The molecule has 0 saturated carbocycles. The molecule has 0 aromatic carbocycles. The second-order valence-corrected chi connectivity index (χ2v) is 3.84. The van der Waals surface area contributed by atoms with Crippen molar-refractivity contribution in [2.24, 2.45) is 0 Å². The Balaban J connectivity index is 2.79. The van der Waals surface area contributed by atoms with E-state index in [1.54, 1.807) is 11.1 Å². The van der Waals surface area contributed by atoms with Gasteiger partial charge in [-0.25, -0.2) is 4.68 Å². The summed E-state index contributed by atoms with van der Waals surface area (Å²) in [5.74, 6) is -0.0919. The summed E-state index contributed by atoms with van der Waals surface area (Å²) >= 11 is 0. The van der Waals surface area contributed by atoms with E-state index < -0.39 is 0 Å². The van der Waals surface area contributed by atoms with E-state index in [1.165, 1.54) is 10.7 Å². The molecule has 0 spiro atoms. The molecule has 0 atom stereocenters. The third-order valence-corrected chi connectivity index (χ3v) is 2.65. The maximum absolute atomic E-state index is 11.8. The van der Waals surface area contributed by atoms with Crippen molar-refractivity contribution in [3.63, 3.8) is 0 Å². The molecule has 0 saturated heterocycles. The molecule has 1 aromatic rings. The lowest BCUT2D eigenvalue weighted by Crippen LogP contribution is -2.37. The molecular weight excluding hydrogens is 232 g/mol. The molecule has 1 amide bonds. The van der Waals surface area contributed by atoms with Crippen LogP contribution in [0.3, 0.4) is 0 Å². The van der Waals surface area contributed by atoms with Crippen molar-refractivity contribution in [1.82, 2.24) is 14.7 Å². The van der Waals surface area contributed by atoms with Gasteiger partial charge in [-0.05, 0) is 20.8 Å². The summed E-state index contributed by atoms with van der Waals surface area (Å²) in [4.78, 5) is 25.3. The minimum absolute atomic E-state index is 0.00703. The largest absolute Gasteiger partial charge is 0.384 e. The Morgan fingerprint density at radius 3 is 2.56 bits per heavy atom. The highest BCUT2D eigenvalue weighted by Gasteiger charge is 2.11. The highest BCUT2D eigenvalue weighted by atomic mass is 16.2. The lowest BCUT2D eigenvalue weighted by molar-refractivity contribution is -0.131. The molecule has 6 nitrogen and oxygen atoms in total. The first-order chi connectivity index (χ1) is 8.62. The van der Waals surface area contributed by atoms with Crippen molar-refractivity contribution >= 4 is 11.6 Å². The van der Waals surface area contributed by atoms with Crippen LogP contribution < -0.4 is 10.9 Å². The second-order valence-electron chi connectivity index (χ2n) is 3.84. The molecule has 1 aromatic heterocycles. The van der Waals surface area contributed by atoms with Crippen LogP contribution in [0.5, 0.6) is 0 Å². The summed E-state index contributed by atoms with van der Waals surface area (Å²) in [5.41, 5.74) is 0.406. The fourth-order valence-corrected chi connectivity index (χ4v) is 1.66. The summed E-state index contributed by atoms with van der Waals surface area (Å²) in [6.45, 7) is 7.75. The number of rotatable bonds is 6. The number of hydrogen-bond acceptors (Lipinski definition) is 4. The van der Waals surface area contributed by atoms with Crippen LogP contribution in [0.2, 0.25) is 0 Å². The SMILES string of the molecule is CCNc1cnn(CC(=O)N(CC)CC)c(=O)c1. The monoisotopic (exact) mass is 252 g/mol. The molecule has 18 heavy (non-hydrogen) atoms. The fourth-order valence-electron chi connectivity index (χ4n) is 1.66. The number of carbonyl (C=O) groups is 1. The summed E-state index contributed by atoms with van der Waals surface area (Å²) in [6, 6.07) is 1.45. The maximum atomic E-state index is 11.8. The molecule has 0 aliphatic heterocycles. The molecule has 0 fully saturated rings. The van der Waals surface area contributed by atoms with Gasteiger partial charge < -0.3 is 10.2 Å². The predicted molar refractivity (Wildman–Crippen MR) is 70.6 cm³/mol. The first-order valence-corrected chi connectivity index (χ1v) is 6.21. The van der Waals surface area contributed by atoms with Gasteiger partial charge in [0.2, 0.25) is 5.91 Å². The average Bonchev–Trinajstić information content (AvgIpc) is 2.34. The number of carbonyl (C=O) groups excluding carboxylic acids is 1. The Kier molecular flexibility index (Phi) is 5.35. The van der Waals surface area contributed by atoms with Crippen molar-refractivity contribution in [2.45, 2.75) is 27.3 Å². The van der Waals surface area contributed by atoms with Crippen molar-refractivity contribution < 1.29 is 4.79 Å². The van der Waals surface area contributed by atoms with Gasteiger partial charge in [-0.15, -0.1) is 0 Å². The van der Waals surface area contributed by atoms with Gasteiger partial charge in [0, 0.05) is 25.7 Å². The van der Waals surface area contributed by atoms with Crippen molar-refractivity contribution in [1.29, 1.82) is 0 Å². The van der Waals surface area contributed by atoms with Crippen LogP contribution in [0.25, 0.3) is 0 Å². The number of amides is 1. The first-order valence-electron chi connectivity index (χ1n) is 6.21. The van der Waals surface area contributed by atoms with Gasteiger partial charge >= 0.3 is 0 Å². The van der Waals surface area contributed by atoms with Crippen LogP contribution in [0.1, 0.15) is 20.8 Å². The molecule has 1 rings (SSSR count). The van der Waals surface area contributed by atoms with Gasteiger partial charge in [0.25, 0.3) is 5.56 Å². The zero-order chi connectivity index (χ0) is 13.5. The van der Waals surface area contributed by atoms with E-state index >= 15 is 0 Å². The number of hydrogen-bond donors (Lipinski definition) is 1. The van der Waals surface area contributed by atoms with Crippen LogP contribution in [0.15, 0.2) is 17.1 Å². The minimum atomic E-state index is -0.269. The van der Waals surface area contributed by atoms with E-state index in [0.717, 1.165) is 6.54 Å². The summed E-state index contributed by atoms with van der Waals surface area (Å²) in [5, 5.41) is 6.98. The zero-order valence-corrected chi connectivity index (χ0v) is 11.1. The number of anilines is 1.